The third-order valence-electron chi connectivity index (χ3n) is 5.07. The van der Waals surface area contributed by atoms with E-state index in [2.05, 4.69) is 10.8 Å². The zero-order valence-electron chi connectivity index (χ0n) is 21.0. The van der Waals surface area contributed by atoms with Crippen LogP contribution < -0.4 is 15.5 Å². The van der Waals surface area contributed by atoms with Crippen molar-refractivity contribution < 1.29 is 38.9 Å². The van der Waals surface area contributed by atoms with E-state index in [0.717, 1.165) is 32.4 Å². The predicted molar refractivity (Wildman–Crippen MR) is 126 cm³/mol. The van der Waals surface area contributed by atoms with E-state index < -0.39 is 54.0 Å². The lowest BCUT2D eigenvalue weighted by Gasteiger charge is -2.28. The van der Waals surface area contributed by atoms with Gasteiger partial charge in [-0.05, 0) is 26.3 Å². The molecular weight excluding hydrogens is 453 g/mol. The average molecular weight is 495 g/mol. The predicted octanol–water partition coefficient (Wildman–Crippen LogP) is 4.80. The van der Waals surface area contributed by atoms with Crippen LogP contribution in [0.1, 0.15) is 67.3 Å². The molecule has 0 aromatic heterocycles. The topological polar surface area (TPSA) is 96.9 Å². The van der Waals surface area contributed by atoms with Gasteiger partial charge in [0, 0.05) is 25.0 Å². The van der Waals surface area contributed by atoms with E-state index in [0.29, 0.717) is 6.07 Å². The van der Waals surface area contributed by atoms with Crippen molar-refractivity contribution in [3.63, 3.8) is 0 Å². The zero-order valence-corrected chi connectivity index (χ0v) is 21.0. The van der Waals surface area contributed by atoms with E-state index in [9.17, 15) is 22.8 Å². The molecule has 1 aliphatic rings. The van der Waals surface area contributed by atoms with Gasteiger partial charge in [-0.15, -0.1) is 0 Å². The standard InChI is InChI=1S/C20H27F3N2O5.2C2H6.H2/c1-12-13(21)7-14(22)18(23)19(12)29-9-16(26)15(8-17(27)28)25-30-11-20(2)5-3-4-6-24-10-20;2*1-2;/h7,15,24-25H,3-6,8-11H2,1-2H3,(H,27,28);2*1-2H3;1H/t15-,20+;;;/m0.../s1. The van der Waals surface area contributed by atoms with E-state index in [1.54, 1.807) is 0 Å². The Morgan fingerprint density at radius 1 is 1.21 bits per heavy atom. The fourth-order valence-corrected chi connectivity index (χ4v) is 3.20. The lowest BCUT2D eigenvalue weighted by atomic mass is 9.87. The van der Waals surface area contributed by atoms with Gasteiger partial charge in [0.1, 0.15) is 18.5 Å². The van der Waals surface area contributed by atoms with Crippen LogP contribution in [0.4, 0.5) is 13.2 Å². The molecule has 1 fully saturated rings. The number of hydroxylamine groups is 1. The number of benzene rings is 1. The summed E-state index contributed by atoms with van der Waals surface area (Å²) in [6, 6.07) is -0.892. The summed E-state index contributed by atoms with van der Waals surface area (Å²) in [6.45, 7) is 12.3. The Morgan fingerprint density at radius 2 is 1.85 bits per heavy atom. The number of halogens is 3. The van der Waals surface area contributed by atoms with Crippen LogP contribution in [0.3, 0.4) is 0 Å². The number of carbonyl (C=O) groups is 2. The van der Waals surface area contributed by atoms with Crippen LogP contribution in [-0.2, 0) is 14.4 Å². The van der Waals surface area contributed by atoms with Crippen molar-refractivity contribution in [1.29, 1.82) is 0 Å². The van der Waals surface area contributed by atoms with Crippen molar-refractivity contribution in [3.8, 4) is 5.75 Å². The number of ketones is 1. The van der Waals surface area contributed by atoms with E-state index in [4.69, 9.17) is 14.7 Å². The molecule has 0 unspecified atom stereocenters. The summed E-state index contributed by atoms with van der Waals surface area (Å²) in [5, 5.41) is 12.4. The Bertz CT molecular complexity index is 750. The molecule has 1 aromatic rings. The van der Waals surface area contributed by atoms with Gasteiger partial charge in [0.15, 0.2) is 17.3 Å². The Kier molecular flexibility index (Phi) is 15.4. The second kappa shape index (κ2) is 16.5. The molecule has 2 atom stereocenters. The number of carboxylic acids is 1. The quantitative estimate of drug-likeness (QED) is 0.317. The minimum atomic E-state index is -1.45. The van der Waals surface area contributed by atoms with Crippen LogP contribution in [0.25, 0.3) is 0 Å². The molecule has 0 radical (unpaired) electrons. The van der Waals surface area contributed by atoms with E-state index in [-0.39, 0.29) is 19.0 Å². The molecule has 0 spiro atoms. The lowest BCUT2D eigenvalue weighted by Crippen LogP contribution is -2.44. The van der Waals surface area contributed by atoms with E-state index in [1.165, 1.54) is 6.92 Å². The average Bonchev–Trinajstić information content (AvgIpc) is 3.04. The summed E-state index contributed by atoms with van der Waals surface area (Å²) in [4.78, 5) is 28.9. The van der Waals surface area contributed by atoms with Gasteiger partial charge in [-0.3, -0.25) is 9.59 Å². The molecule has 0 aliphatic carbocycles. The highest BCUT2D eigenvalue weighted by molar-refractivity contribution is 5.88. The van der Waals surface area contributed by atoms with Gasteiger partial charge in [-0.1, -0.05) is 41.0 Å². The molecule has 34 heavy (non-hydrogen) atoms. The zero-order chi connectivity index (χ0) is 26.3. The molecular formula is C24H41F3N2O5. The number of ether oxygens (including phenoxy) is 1. The van der Waals surface area contributed by atoms with Crippen molar-refractivity contribution >= 4 is 11.8 Å². The number of hydrogen-bond donors (Lipinski definition) is 3. The van der Waals surface area contributed by atoms with Crippen LogP contribution in [0.15, 0.2) is 6.07 Å². The third-order valence-corrected chi connectivity index (χ3v) is 5.07. The van der Waals surface area contributed by atoms with Gasteiger partial charge in [-0.2, -0.15) is 9.87 Å². The number of aliphatic carboxylic acids is 1. The first kappa shape index (κ1) is 31.8. The summed E-state index contributed by atoms with van der Waals surface area (Å²) in [5.74, 6) is -6.64. The molecule has 7 nitrogen and oxygen atoms in total. The van der Waals surface area contributed by atoms with Crippen molar-refractivity contribution in [2.75, 3.05) is 26.3 Å². The van der Waals surface area contributed by atoms with Gasteiger partial charge in [0.05, 0.1) is 13.0 Å². The highest BCUT2D eigenvalue weighted by Gasteiger charge is 2.29. The van der Waals surface area contributed by atoms with E-state index in [1.807, 2.05) is 34.6 Å². The normalized spacial score (nSPS) is 18.4. The molecule has 10 heteroatoms. The van der Waals surface area contributed by atoms with Crippen LogP contribution in [0.5, 0.6) is 5.75 Å². The third kappa shape index (κ3) is 10.4. The second-order valence-corrected chi connectivity index (χ2v) is 7.86. The van der Waals surface area contributed by atoms with Crippen molar-refractivity contribution in [2.45, 2.75) is 73.3 Å². The van der Waals surface area contributed by atoms with Gasteiger partial charge in [-0.25, -0.2) is 8.78 Å². The number of carbonyl (C=O) groups excluding carboxylic acids is 1. The fraction of sp³-hybridized carbons (Fsp3) is 0.667. The monoisotopic (exact) mass is 494 g/mol. The largest absolute Gasteiger partial charge is 0.482 e. The van der Waals surface area contributed by atoms with Gasteiger partial charge in [0.25, 0.3) is 0 Å². The van der Waals surface area contributed by atoms with Crippen molar-refractivity contribution in [2.24, 2.45) is 5.41 Å². The smallest absolute Gasteiger partial charge is 0.305 e. The first-order valence-corrected chi connectivity index (χ1v) is 11.7. The summed E-state index contributed by atoms with van der Waals surface area (Å²) in [7, 11) is 0. The molecule has 1 aliphatic heterocycles. The SMILES string of the molecule is CC.CC.Cc1c(F)cc(F)c(F)c1OCC(=O)[C@H](CC(=O)O)NOC[C@]1(C)CCCCNC1.[HH]. The molecule has 0 amide bonds. The molecule has 1 aromatic carbocycles. The highest BCUT2D eigenvalue weighted by Crippen LogP contribution is 2.27. The van der Waals surface area contributed by atoms with Crippen molar-refractivity contribution in [1.82, 2.24) is 10.8 Å². The Labute approximate surface area is 201 Å². The Morgan fingerprint density at radius 3 is 2.47 bits per heavy atom. The van der Waals surface area contributed by atoms with E-state index >= 15 is 0 Å². The lowest BCUT2D eigenvalue weighted by molar-refractivity contribution is -0.143. The van der Waals surface area contributed by atoms with Crippen LogP contribution >= 0.6 is 0 Å². The maximum atomic E-state index is 13.9. The summed E-state index contributed by atoms with van der Waals surface area (Å²) < 4.78 is 45.8. The highest BCUT2D eigenvalue weighted by atomic mass is 19.2. The minimum absolute atomic E-state index is 0. The van der Waals surface area contributed by atoms with Crippen LogP contribution in [0.2, 0.25) is 0 Å². The molecule has 1 saturated heterocycles. The van der Waals surface area contributed by atoms with Gasteiger partial charge in [0.2, 0.25) is 5.82 Å². The minimum Gasteiger partial charge on any atom is -0.482 e. The molecule has 0 bridgehead atoms. The second-order valence-electron chi connectivity index (χ2n) is 7.86. The summed E-state index contributed by atoms with van der Waals surface area (Å²) in [6.07, 6.45) is 2.38. The first-order valence-electron chi connectivity index (χ1n) is 11.7. The van der Waals surface area contributed by atoms with Crippen LogP contribution in [0, 0.1) is 29.8 Å². The number of rotatable bonds is 10. The number of carboxylic acid groups (broad SMARTS) is 1. The first-order chi connectivity index (χ1) is 16.1. The molecule has 2 rings (SSSR count). The molecule has 1 heterocycles. The summed E-state index contributed by atoms with van der Waals surface area (Å²) >= 11 is 0. The number of nitrogens with one attached hydrogen (secondary N) is 2. The fourth-order valence-electron chi connectivity index (χ4n) is 3.20. The van der Waals surface area contributed by atoms with Crippen LogP contribution in [-0.4, -0.2) is 49.2 Å². The Balaban J connectivity index is 0. The number of hydrogen-bond acceptors (Lipinski definition) is 6. The van der Waals surface area contributed by atoms with Gasteiger partial charge < -0.3 is 20.0 Å². The molecule has 3 N–H and O–H groups in total. The maximum absolute atomic E-state index is 13.9. The molecule has 198 valence electrons. The number of Topliss-reactive ketones (excluding diaryl/α,β-unsaturated/α-hetero) is 1. The Hall–Kier alpha value is -2.17. The maximum Gasteiger partial charge on any atom is 0.305 e. The summed E-state index contributed by atoms with van der Waals surface area (Å²) in [5.41, 5.74) is 1.97. The molecule has 0 saturated carbocycles. The van der Waals surface area contributed by atoms with Gasteiger partial charge >= 0.3 is 5.97 Å². The van der Waals surface area contributed by atoms with Crippen molar-refractivity contribution in [3.05, 3.63) is 29.1 Å².